The molecule has 17 N–H and O–H groups in total. The third-order valence-corrected chi connectivity index (χ3v) is 14.9. The number of benzene rings is 5. The van der Waals surface area contributed by atoms with Gasteiger partial charge >= 0.3 is 5.97 Å². The number of carbonyl (C=O) groups is 6. The van der Waals surface area contributed by atoms with Crippen LogP contribution >= 0.6 is 0 Å². The van der Waals surface area contributed by atoms with Crippen molar-refractivity contribution in [2.24, 2.45) is 22.2 Å². The summed E-state index contributed by atoms with van der Waals surface area (Å²) >= 11 is 0. The highest BCUT2D eigenvalue weighted by Gasteiger charge is 2.35. The minimum Gasteiger partial charge on any atom is -0.480 e. The summed E-state index contributed by atoms with van der Waals surface area (Å²) in [7, 11) is 0. The third-order valence-electron chi connectivity index (χ3n) is 14.9. The number of hydrogen-bond donors (Lipinski definition) is 14. The second-order valence-electron chi connectivity index (χ2n) is 20.5. The van der Waals surface area contributed by atoms with E-state index < -0.39 is 71.8 Å². The topological polar surface area (TPSA) is 352 Å². The van der Waals surface area contributed by atoms with Gasteiger partial charge in [0.05, 0.1) is 6.04 Å². The lowest BCUT2D eigenvalue weighted by atomic mass is 9.99. The van der Waals surface area contributed by atoms with Gasteiger partial charge in [-0.05, 0) is 77.4 Å². The number of carboxylic acids is 1. The van der Waals surface area contributed by atoms with E-state index in [9.17, 15) is 24.3 Å². The standard InChI is InChI=1S/C61H64N14O7/c62-44(24-34-29-66-45-17-6-1-12-39(34)45)55(76)71-50(22-11-23-65-61(63)64)56(77)72-51(25-35-30-67-46-18-7-2-13-40(35)46)57(78)73-52(26-36-31-68-47-19-8-3-14-41(36)47)58(79)74-53(27-37-32-69-48-20-9-4-15-42(37)48)59(80)75-54(60(81)82)28-38-33-70-49-21-10-5-16-43(38)49/h1-10,12-21,29-33,44,50-54,66-70H,11,22-28,62H2,(H,71,76)(H,72,77)(H,73,78)(H,74,79)(H,75,80)(H,81,82)(H4,63,64,65). The lowest BCUT2D eigenvalue weighted by Gasteiger charge is -2.27. The molecule has 10 aromatic rings. The smallest absolute Gasteiger partial charge is 0.326 e. The molecule has 0 aliphatic carbocycles. The number of carboxylic acid groups (broad SMARTS) is 1. The first kappa shape index (κ1) is 55.2. The number of nitrogens with two attached hydrogens (primary N) is 3. The average Bonchev–Trinajstić information content (AvgIpc) is 4.45. The number of aliphatic imine (C=N–C) groups is 1. The molecule has 0 saturated heterocycles. The predicted octanol–water partition coefficient (Wildman–Crippen LogP) is 4.50. The second kappa shape index (κ2) is 24.9. The van der Waals surface area contributed by atoms with Gasteiger partial charge in [-0.1, -0.05) is 91.0 Å². The van der Waals surface area contributed by atoms with Crippen LogP contribution in [0.1, 0.15) is 40.7 Å². The molecule has 0 aliphatic heterocycles. The van der Waals surface area contributed by atoms with Crippen LogP contribution in [0, 0.1) is 0 Å². The number of para-hydroxylation sites is 5. The summed E-state index contributed by atoms with van der Waals surface area (Å²) in [5.41, 5.74) is 25.2. The fourth-order valence-corrected chi connectivity index (χ4v) is 10.7. The number of aromatic nitrogens is 5. The molecular formula is C61H64N14O7. The summed E-state index contributed by atoms with van der Waals surface area (Å²) < 4.78 is 0. The minimum atomic E-state index is -1.40. The van der Waals surface area contributed by atoms with Crippen LogP contribution in [0.5, 0.6) is 0 Å². The zero-order valence-electron chi connectivity index (χ0n) is 44.6. The van der Waals surface area contributed by atoms with Gasteiger partial charge in [-0.3, -0.25) is 29.0 Å². The van der Waals surface area contributed by atoms with Gasteiger partial charge in [0.25, 0.3) is 0 Å². The van der Waals surface area contributed by atoms with Crippen LogP contribution in [0.15, 0.2) is 157 Å². The molecule has 5 aromatic heterocycles. The molecule has 0 radical (unpaired) electrons. The van der Waals surface area contributed by atoms with Crippen LogP contribution in [-0.4, -0.2) is 114 Å². The van der Waals surface area contributed by atoms with Crippen molar-refractivity contribution >= 4 is 96.0 Å². The van der Waals surface area contributed by atoms with E-state index in [1.165, 1.54) is 0 Å². The van der Waals surface area contributed by atoms with E-state index in [0.29, 0.717) is 22.3 Å². The molecule has 6 unspecified atom stereocenters. The maximum absolute atomic E-state index is 15.3. The monoisotopic (exact) mass is 1100 g/mol. The zero-order chi connectivity index (χ0) is 57.3. The number of hydrogen-bond acceptors (Lipinski definition) is 8. The first-order chi connectivity index (χ1) is 39.8. The molecular weight excluding hydrogens is 1040 g/mol. The van der Waals surface area contributed by atoms with Gasteiger partial charge in [0, 0.05) is 118 Å². The number of amides is 5. The number of nitrogens with one attached hydrogen (secondary N) is 10. The molecule has 0 saturated carbocycles. The Hall–Kier alpha value is -10.2. The van der Waals surface area contributed by atoms with Gasteiger partial charge in [0.2, 0.25) is 29.5 Å². The maximum atomic E-state index is 15.3. The summed E-state index contributed by atoms with van der Waals surface area (Å²) in [5, 5.41) is 28.9. The van der Waals surface area contributed by atoms with Gasteiger partial charge in [-0.2, -0.15) is 0 Å². The molecule has 0 spiro atoms. The van der Waals surface area contributed by atoms with Crippen molar-refractivity contribution in [3.05, 3.63) is 180 Å². The Morgan fingerprint density at radius 3 is 1.01 bits per heavy atom. The molecule has 420 valence electrons. The quantitative estimate of drug-likeness (QED) is 0.0216. The SMILES string of the molecule is NC(N)=NCCCC(NC(=O)C(N)Cc1c[nH]c2ccccc12)C(=O)NC(Cc1c[nH]c2ccccc12)C(=O)NC(Cc1c[nH]c2ccccc12)C(=O)NC(Cc1c[nH]c2ccccc12)C(=O)NC(Cc1c[nH]c2ccccc12)C(=O)O. The molecule has 5 amide bonds. The van der Waals surface area contributed by atoms with Crippen LogP contribution in [0.4, 0.5) is 0 Å². The molecule has 0 bridgehead atoms. The van der Waals surface area contributed by atoms with E-state index in [2.05, 4.69) is 56.5 Å². The molecule has 0 fully saturated rings. The highest BCUT2D eigenvalue weighted by atomic mass is 16.4. The van der Waals surface area contributed by atoms with Crippen molar-refractivity contribution in [3.63, 3.8) is 0 Å². The van der Waals surface area contributed by atoms with Crippen molar-refractivity contribution in [2.45, 2.75) is 81.2 Å². The van der Waals surface area contributed by atoms with Crippen molar-refractivity contribution < 1.29 is 33.9 Å². The van der Waals surface area contributed by atoms with Crippen molar-refractivity contribution in [2.75, 3.05) is 6.54 Å². The first-order valence-electron chi connectivity index (χ1n) is 27.1. The average molecular weight is 1110 g/mol. The van der Waals surface area contributed by atoms with Crippen LogP contribution in [-0.2, 0) is 60.9 Å². The number of aromatic amines is 5. The molecule has 6 atom stereocenters. The van der Waals surface area contributed by atoms with Crippen LogP contribution in [0.2, 0.25) is 0 Å². The number of H-pyrrole nitrogens is 5. The molecule has 10 rings (SSSR count). The van der Waals surface area contributed by atoms with E-state index in [-0.39, 0.29) is 57.5 Å². The Bertz CT molecular complexity index is 3980. The van der Waals surface area contributed by atoms with E-state index >= 15 is 9.59 Å². The number of carbonyl (C=O) groups excluding carboxylic acids is 5. The third kappa shape index (κ3) is 12.8. The lowest BCUT2D eigenvalue weighted by molar-refractivity contribution is -0.142. The number of aliphatic carboxylic acids is 1. The summed E-state index contributed by atoms with van der Waals surface area (Å²) in [6.45, 7) is 0.133. The van der Waals surface area contributed by atoms with Crippen molar-refractivity contribution in [1.29, 1.82) is 0 Å². The van der Waals surface area contributed by atoms with Gasteiger partial charge in [-0.15, -0.1) is 0 Å². The molecule has 0 aliphatic rings. The van der Waals surface area contributed by atoms with Crippen LogP contribution < -0.4 is 43.8 Å². The maximum Gasteiger partial charge on any atom is 0.326 e. The fourth-order valence-electron chi connectivity index (χ4n) is 10.7. The normalized spacial score (nSPS) is 13.7. The largest absolute Gasteiger partial charge is 0.480 e. The minimum absolute atomic E-state index is 0.0472. The van der Waals surface area contributed by atoms with Gasteiger partial charge < -0.3 is 73.8 Å². The fraction of sp³-hybridized carbons (Fsp3) is 0.230. The number of guanidine groups is 1. The molecule has 5 aromatic carbocycles. The highest BCUT2D eigenvalue weighted by molar-refractivity contribution is 5.98. The Kier molecular flexibility index (Phi) is 16.7. The molecule has 21 heteroatoms. The Morgan fingerprint density at radius 1 is 0.402 bits per heavy atom. The van der Waals surface area contributed by atoms with Gasteiger partial charge in [-0.25, -0.2) is 4.79 Å². The van der Waals surface area contributed by atoms with Gasteiger partial charge in [0.1, 0.15) is 30.2 Å². The molecule has 5 heterocycles. The summed E-state index contributed by atoms with van der Waals surface area (Å²) in [4.78, 5) is 107. The number of nitrogens with zero attached hydrogens (tertiary/aromatic N) is 1. The Morgan fingerprint density at radius 2 is 0.683 bits per heavy atom. The summed E-state index contributed by atoms with van der Waals surface area (Å²) in [6.07, 6.45) is 8.85. The summed E-state index contributed by atoms with van der Waals surface area (Å²) in [6, 6.07) is 29.6. The number of rotatable bonds is 25. The Labute approximate surface area is 469 Å². The van der Waals surface area contributed by atoms with Crippen molar-refractivity contribution in [1.82, 2.24) is 51.5 Å². The predicted molar refractivity (Wildman–Crippen MR) is 315 cm³/mol. The van der Waals surface area contributed by atoms with Crippen LogP contribution in [0.25, 0.3) is 54.5 Å². The molecule has 82 heavy (non-hydrogen) atoms. The van der Waals surface area contributed by atoms with Crippen LogP contribution in [0.3, 0.4) is 0 Å². The number of fused-ring (bicyclic) bond motifs is 5. The zero-order valence-corrected chi connectivity index (χ0v) is 44.6. The van der Waals surface area contributed by atoms with E-state index in [4.69, 9.17) is 17.2 Å². The Balaban J connectivity index is 0.954. The van der Waals surface area contributed by atoms with Crippen molar-refractivity contribution in [3.8, 4) is 0 Å². The van der Waals surface area contributed by atoms with E-state index in [1.807, 2.05) is 121 Å². The summed E-state index contributed by atoms with van der Waals surface area (Å²) in [5.74, 6) is -5.07. The first-order valence-corrected chi connectivity index (χ1v) is 27.1. The molecule has 21 nitrogen and oxygen atoms in total. The van der Waals surface area contributed by atoms with E-state index in [1.54, 1.807) is 31.0 Å². The van der Waals surface area contributed by atoms with E-state index in [0.717, 1.165) is 60.1 Å². The highest BCUT2D eigenvalue weighted by Crippen LogP contribution is 2.25. The lowest BCUT2D eigenvalue weighted by Crippen LogP contribution is -2.60. The van der Waals surface area contributed by atoms with Gasteiger partial charge in [0.15, 0.2) is 5.96 Å². The second-order valence-corrected chi connectivity index (χ2v) is 20.5.